The number of hydrogen-bond donors (Lipinski definition) is 2. The summed E-state index contributed by atoms with van der Waals surface area (Å²) in [7, 11) is 0. The molecule has 0 saturated carbocycles. The first kappa shape index (κ1) is 23.4. The van der Waals surface area contributed by atoms with Crippen molar-refractivity contribution in [2.24, 2.45) is 4.99 Å². The van der Waals surface area contributed by atoms with Crippen LogP contribution in [0.3, 0.4) is 0 Å². The van der Waals surface area contributed by atoms with Crippen LogP contribution in [0.2, 0.25) is 0 Å². The van der Waals surface area contributed by atoms with Gasteiger partial charge in [-0.05, 0) is 31.9 Å². The monoisotopic (exact) mass is 513 g/mol. The minimum absolute atomic E-state index is 0. The third-order valence-electron chi connectivity index (χ3n) is 4.75. The van der Waals surface area contributed by atoms with Crippen LogP contribution in [0.4, 0.5) is 5.82 Å². The van der Waals surface area contributed by atoms with Crippen molar-refractivity contribution >= 4 is 35.8 Å². The fourth-order valence-electron chi connectivity index (χ4n) is 3.17. The van der Waals surface area contributed by atoms with Crippen LogP contribution in [0.1, 0.15) is 51.2 Å². The van der Waals surface area contributed by atoms with E-state index in [1.807, 2.05) is 18.3 Å². The van der Waals surface area contributed by atoms with Crippen LogP contribution in [0.15, 0.2) is 33.9 Å². The van der Waals surface area contributed by atoms with Crippen molar-refractivity contribution in [1.29, 1.82) is 0 Å². The highest BCUT2D eigenvalue weighted by molar-refractivity contribution is 14.0. The molecule has 1 aliphatic rings. The molecule has 160 valence electrons. The fourth-order valence-corrected chi connectivity index (χ4v) is 3.17. The molecule has 2 aromatic rings. The van der Waals surface area contributed by atoms with Gasteiger partial charge in [-0.1, -0.05) is 25.1 Å². The molecule has 2 aromatic heterocycles. The normalized spacial score (nSPS) is 15.3. The van der Waals surface area contributed by atoms with E-state index < -0.39 is 0 Å². The zero-order valence-corrected chi connectivity index (χ0v) is 19.8. The molecule has 9 heteroatoms. The second-order valence-corrected chi connectivity index (χ2v) is 7.31. The first-order valence-electron chi connectivity index (χ1n) is 10.2. The number of piperidine rings is 1. The van der Waals surface area contributed by atoms with Crippen LogP contribution in [-0.4, -0.2) is 53.3 Å². The van der Waals surface area contributed by atoms with Gasteiger partial charge in [0.15, 0.2) is 11.8 Å². The molecule has 8 nitrogen and oxygen atoms in total. The number of pyridine rings is 1. The van der Waals surface area contributed by atoms with Gasteiger partial charge in [-0.2, -0.15) is 4.98 Å². The molecule has 2 N–H and O–H groups in total. The summed E-state index contributed by atoms with van der Waals surface area (Å²) in [6.07, 6.45) is 4.61. The number of hydrogen-bond acceptors (Lipinski definition) is 6. The Balaban J connectivity index is 0.00000300. The second-order valence-electron chi connectivity index (χ2n) is 7.31. The van der Waals surface area contributed by atoms with E-state index in [4.69, 9.17) is 4.52 Å². The lowest BCUT2D eigenvalue weighted by Crippen LogP contribution is -2.49. The number of rotatable bonds is 7. The molecule has 0 radical (unpaired) electrons. The number of anilines is 1. The summed E-state index contributed by atoms with van der Waals surface area (Å²) < 4.78 is 5.29. The van der Waals surface area contributed by atoms with E-state index in [0.717, 1.165) is 50.1 Å². The van der Waals surface area contributed by atoms with E-state index >= 15 is 0 Å². The van der Waals surface area contributed by atoms with Crippen molar-refractivity contribution in [3.8, 4) is 0 Å². The van der Waals surface area contributed by atoms with Crippen LogP contribution >= 0.6 is 24.0 Å². The van der Waals surface area contributed by atoms with E-state index in [1.54, 1.807) is 0 Å². The van der Waals surface area contributed by atoms with Crippen LogP contribution in [0.5, 0.6) is 0 Å². The highest BCUT2D eigenvalue weighted by atomic mass is 127. The van der Waals surface area contributed by atoms with Crippen LogP contribution in [0, 0.1) is 0 Å². The van der Waals surface area contributed by atoms with Gasteiger partial charge in [0.1, 0.15) is 5.82 Å². The van der Waals surface area contributed by atoms with Gasteiger partial charge in [0.25, 0.3) is 0 Å². The number of guanidine groups is 1. The highest BCUT2D eigenvalue weighted by Crippen LogP contribution is 2.17. The molecule has 0 aromatic carbocycles. The molecule has 1 fully saturated rings. The van der Waals surface area contributed by atoms with E-state index in [1.165, 1.54) is 0 Å². The van der Waals surface area contributed by atoms with Gasteiger partial charge < -0.3 is 20.1 Å². The fraction of sp³-hybridized carbons (Fsp3) is 0.600. The molecule has 29 heavy (non-hydrogen) atoms. The first-order valence-corrected chi connectivity index (χ1v) is 10.2. The Kier molecular flexibility index (Phi) is 9.62. The quantitative estimate of drug-likeness (QED) is 0.334. The van der Waals surface area contributed by atoms with Crippen molar-refractivity contribution < 1.29 is 4.52 Å². The van der Waals surface area contributed by atoms with Gasteiger partial charge in [-0.25, -0.2) is 4.98 Å². The van der Waals surface area contributed by atoms with E-state index in [9.17, 15) is 0 Å². The Hall–Kier alpha value is -1.91. The molecular weight excluding hydrogens is 481 g/mol. The van der Waals surface area contributed by atoms with Crippen LogP contribution < -0.4 is 15.5 Å². The minimum Gasteiger partial charge on any atom is -0.357 e. The third kappa shape index (κ3) is 7.13. The minimum atomic E-state index is 0. The van der Waals surface area contributed by atoms with Gasteiger partial charge in [0.05, 0.1) is 6.54 Å². The molecule has 0 amide bonds. The SMILES string of the molecule is CCNC(=NCCc1nc(C(C)C)no1)NC1CCN(c2ccccn2)CC1.I. The summed E-state index contributed by atoms with van der Waals surface area (Å²) >= 11 is 0. The number of halogens is 1. The lowest BCUT2D eigenvalue weighted by atomic mass is 10.1. The van der Waals surface area contributed by atoms with Crippen molar-refractivity contribution in [3.63, 3.8) is 0 Å². The molecule has 0 aliphatic carbocycles. The van der Waals surface area contributed by atoms with Crippen molar-refractivity contribution in [1.82, 2.24) is 25.8 Å². The molecular formula is C20H32IN7O. The standard InChI is InChI=1S/C20H31N7O.HI/c1-4-21-20(23-12-8-18-25-19(15(2)3)26-28-18)24-16-9-13-27(14-10-16)17-7-5-6-11-22-17;/h5-7,11,15-16H,4,8-10,12-14H2,1-3H3,(H2,21,23,24);1H. The molecule has 0 spiro atoms. The summed E-state index contributed by atoms with van der Waals surface area (Å²) in [6.45, 7) is 9.62. The topological polar surface area (TPSA) is 91.5 Å². The summed E-state index contributed by atoms with van der Waals surface area (Å²) in [5.74, 6) is 3.58. The molecule has 1 saturated heterocycles. The Morgan fingerprint density at radius 3 is 2.72 bits per heavy atom. The van der Waals surface area contributed by atoms with Crippen molar-refractivity contribution in [2.75, 3.05) is 31.1 Å². The maximum absolute atomic E-state index is 5.29. The Morgan fingerprint density at radius 1 is 1.31 bits per heavy atom. The average Bonchev–Trinajstić information content (AvgIpc) is 3.19. The Labute approximate surface area is 190 Å². The van der Waals surface area contributed by atoms with Crippen molar-refractivity contribution in [3.05, 3.63) is 36.1 Å². The molecule has 3 rings (SSSR count). The number of nitrogens with zero attached hydrogens (tertiary/aromatic N) is 5. The second kappa shape index (κ2) is 11.9. The zero-order valence-electron chi connectivity index (χ0n) is 17.5. The zero-order chi connectivity index (χ0) is 19.8. The Bertz CT molecular complexity index is 742. The van der Waals surface area contributed by atoms with Crippen LogP contribution in [-0.2, 0) is 6.42 Å². The lowest BCUT2D eigenvalue weighted by Gasteiger charge is -2.33. The summed E-state index contributed by atoms with van der Waals surface area (Å²) in [5.41, 5.74) is 0. The average molecular weight is 513 g/mol. The summed E-state index contributed by atoms with van der Waals surface area (Å²) in [5, 5.41) is 10.9. The van der Waals surface area contributed by atoms with Crippen LogP contribution in [0.25, 0.3) is 0 Å². The first-order chi connectivity index (χ1) is 13.7. The number of nitrogens with one attached hydrogen (secondary N) is 2. The lowest BCUT2D eigenvalue weighted by molar-refractivity contribution is 0.372. The smallest absolute Gasteiger partial charge is 0.228 e. The number of aromatic nitrogens is 3. The van der Waals surface area contributed by atoms with Crippen molar-refractivity contribution in [2.45, 2.75) is 52.0 Å². The molecule has 0 unspecified atom stereocenters. The third-order valence-corrected chi connectivity index (χ3v) is 4.75. The van der Waals surface area contributed by atoms with E-state index in [0.29, 0.717) is 24.9 Å². The predicted octanol–water partition coefficient (Wildman–Crippen LogP) is 2.97. The summed E-state index contributed by atoms with van der Waals surface area (Å²) in [6, 6.07) is 6.47. The molecule has 1 aliphatic heterocycles. The predicted molar refractivity (Wildman–Crippen MR) is 126 cm³/mol. The molecule has 3 heterocycles. The highest BCUT2D eigenvalue weighted by Gasteiger charge is 2.20. The van der Waals surface area contributed by atoms with Gasteiger partial charge in [0.2, 0.25) is 5.89 Å². The summed E-state index contributed by atoms with van der Waals surface area (Å²) in [4.78, 5) is 15.9. The van der Waals surface area contributed by atoms with Gasteiger partial charge >= 0.3 is 0 Å². The van der Waals surface area contributed by atoms with Gasteiger partial charge in [-0.15, -0.1) is 24.0 Å². The molecule has 0 bridgehead atoms. The number of aliphatic imine (C=N–C) groups is 1. The molecule has 0 atom stereocenters. The Morgan fingerprint density at radius 2 is 2.10 bits per heavy atom. The van der Waals surface area contributed by atoms with Gasteiger partial charge in [-0.3, -0.25) is 4.99 Å². The largest absolute Gasteiger partial charge is 0.357 e. The maximum atomic E-state index is 5.29. The van der Waals surface area contributed by atoms with Gasteiger partial charge in [0, 0.05) is 44.2 Å². The maximum Gasteiger partial charge on any atom is 0.228 e. The van der Waals surface area contributed by atoms with E-state index in [-0.39, 0.29) is 29.9 Å². The van der Waals surface area contributed by atoms with E-state index in [2.05, 4.69) is 62.5 Å².